The first-order valence-electron chi connectivity index (χ1n) is 9.06. The maximum Gasteiger partial charge on any atom is 0.132 e. The Kier molecular flexibility index (Phi) is 6.01. The third-order valence-corrected chi connectivity index (χ3v) is 4.19. The van der Waals surface area contributed by atoms with Crippen LogP contribution in [-0.2, 0) is 0 Å². The lowest BCUT2D eigenvalue weighted by molar-refractivity contribution is 0.786. The summed E-state index contributed by atoms with van der Waals surface area (Å²) in [6.07, 6.45) is 12.8. The summed E-state index contributed by atoms with van der Waals surface area (Å²) in [4.78, 5) is 13.1. The third-order valence-electron chi connectivity index (χ3n) is 4.19. The lowest BCUT2D eigenvalue weighted by Gasteiger charge is -2.10. The van der Waals surface area contributed by atoms with Gasteiger partial charge in [0, 0.05) is 18.6 Å². The summed E-state index contributed by atoms with van der Waals surface area (Å²) in [6, 6.07) is 9.65. The number of fused-ring (bicyclic) bond motifs is 1. The second-order valence-corrected chi connectivity index (χ2v) is 6.66. The van der Waals surface area contributed by atoms with Crippen LogP contribution in [0, 0.1) is 5.92 Å². The molecule has 142 valence electrons. The van der Waals surface area contributed by atoms with Gasteiger partial charge in [0.15, 0.2) is 0 Å². The zero-order valence-electron chi connectivity index (χ0n) is 16.0. The number of allylic oxidation sites excluding steroid dienone is 2. The number of nitrogens with zero attached hydrogens (tertiary/aromatic N) is 3. The van der Waals surface area contributed by atoms with Gasteiger partial charge in [-0.2, -0.15) is 0 Å². The van der Waals surface area contributed by atoms with E-state index >= 15 is 0 Å². The average molecular weight is 372 g/mol. The van der Waals surface area contributed by atoms with Gasteiger partial charge in [-0.25, -0.2) is 4.98 Å². The van der Waals surface area contributed by atoms with Crippen LogP contribution in [0.25, 0.3) is 23.2 Å². The van der Waals surface area contributed by atoms with Crippen LogP contribution in [-0.4, -0.2) is 15.0 Å². The van der Waals surface area contributed by atoms with Crippen LogP contribution >= 0.6 is 0 Å². The quantitative estimate of drug-likeness (QED) is 0.567. The van der Waals surface area contributed by atoms with Crippen molar-refractivity contribution < 1.29 is 0 Å². The lowest BCUT2D eigenvalue weighted by atomic mass is 10.0. The van der Waals surface area contributed by atoms with Gasteiger partial charge in [-0.15, -0.1) is 0 Å². The number of nitrogens with one attached hydrogen (secondary N) is 1. The Labute approximate surface area is 164 Å². The molecule has 5 N–H and O–H groups in total. The monoisotopic (exact) mass is 372 g/mol. The molecule has 0 unspecified atom stereocenters. The molecule has 3 heterocycles. The minimum absolute atomic E-state index is 0.286. The van der Waals surface area contributed by atoms with Gasteiger partial charge in [0.05, 0.1) is 11.0 Å². The molecule has 28 heavy (non-hydrogen) atoms. The molecule has 0 spiro atoms. The van der Waals surface area contributed by atoms with Crippen molar-refractivity contribution in [3.05, 3.63) is 83.7 Å². The summed E-state index contributed by atoms with van der Waals surface area (Å²) in [5.41, 5.74) is 16.3. The maximum atomic E-state index is 6.09. The van der Waals surface area contributed by atoms with Crippen molar-refractivity contribution in [2.75, 3.05) is 5.32 Å². The number of nitrogens with two attached hydrogens (primary N) is 2. The molecule has 0 aliphatic carbocycles. The van der Waals surface area contributed by atoms with Crippen molar-refractivity contribution in [2.24, 2.45) is 17.4 Å². The van der Waals surface area contributed by atoms with Crippen LogP contribution in [0.5, 0.6) is 0 Å². The van der Waals surface area contributed by atoms with E-state index in [1.54, 1.807) is 18.6 Å². The van der Waals surface area contributed by atoms with Crippen LogP contribution in [0.1, 0.15) is 25.0 Å². The zero-order valence-corrected chi connectivity index (χ0v) is 16.0. The van der Waals surface area contributed by atoms with Gasteiger partial charge in [-0.1, -0.05) is 26.0 Å². The Bertz CT molecular complexity index is 1040. The molecule has 6 heteroatoms. The van der Waals surface area contributed by atoms with Gasteiger partial charge in [-0.3, -0.25) is 9.97 Å². The minimum Gasteiger partial charge on any atom is -0.404 e. The van der Waals surface area contributed by atoms with E-state index in [1.165, 1.54) is 0 Å². The van der Waals surface area contributed by atoms with Gasteiger partial charge in [-0.05, 0) is 65.2 Å². The van der Waals surface area contributed by atoms with E-state index in [0.717, 1.165) is 27.7 Å². The average Bonchev–Trinajstić information content (AvgIpc) is 2.70. The van der Waals surface area contributed by atoms with Crippen molar-refractivity contribution in [2.45, 2.75) is 13.8 Å². The topological polar surface area (TPSA) is 103 Å². The van der Waals surface area contributed by atoms with Crippen molar-refractivity contribution in [3.63, 3.8) is 0 Å². The minimum atomic E-state index is 0.286. The molecule has 0 fully saturated rings. The van der Waals surface area contributed by atoms with E-state index in [0.29, 0.717) is 11.6 Å². The second kappa shape index (κ2) is 8.81. The highest BCUT2D eigenvalue weighted by molar-refractivity contribution is 5.80. The first kappa shape index (κ1) is 19.1. The van der Waals surface area contributed by atoms with Crippen LogP contribution in [0.3, 0.4) is 0 Å². The fourth-order valence-electron chi connectivity index (χ4n) is 2.62. The van der Waals surface area contributed by atoms with E-state index in [4.69, 9.17) is 11.5 Å². The van der Waals surface area contributed by atoms with Gasteiger partial charge in [0.25, 0.3) is 0 Å². The summed E-state index contributed by atoms with van der Waals surface area (Å²) >= 11 is 0. The Morgan fingerprint density at radius 1 is 1.04 bits per heavy atom. The highest BCUT2D eigenvalue weighted by Crippen LogP contribution is 2.17. The number of aromatic nitrogens is 3. The molecule has 0 saturated heterocycles. The zero-order chi connectivity index (χ0) is 19.9. The molecule has 0 aliphatic rings. The fourth-order valence-corrected chi connectivity index (χ4v) is 2.62. The summed E-state index contributed by atoms with van der Waals surface area (Å²) < 4.78 is 0. The molecule has 0 aliphatic heterocycles. The third kappa shape index (κ3) is 4.94. The summed E-state index contributed by atoms with van der Waals surface area (Å²) in [5.74, 6) is 1.42. The van der Waals surface area contributed by atoms with Gasteiger partial charge in [0.2, 0.25) is 0 Å². The van der Waals surface area contributed by atoms with E-state index < -0.39 is 0 Å². The standard InChI is InChI=1S/C22H24N6/c1-15(2)18(13-23)12-21(24)28-22-6-5-19-20(27-22)11-17(14-26-19)4-3-16-7-9-25-10-8-16/h3-15H,23-24H2,1-2H3,(H,27,28)/b4-3+,18-13+,21-12+. The molecule has 0 aromatic carbocycles. The van der Waals surface area contributed by atoms with Crippen molar-refractivity contribution in [3.8, 4) is 0 Å². The number of pyridine rings is 3. The predicted octanol–water partition coefficient (Wildman–Crippen LogP) is 3.91. The van der Waals surface area contributed by atoms with E-state index in [1.807, 2.05) is 54.8 Å². The predicted molar refractivity (Wildman–Crippen MR) is 116 cm³/mol. The van der Waals surface area contributed by atoms with Crippen LogP contribution in [0.2, 0.25) is 0 Å². The van der Waals surface area contributed by atoms with Crippen molar-refractivity contribution in [1.82, 2.24) is 15.0 Å². The normalized spacial score (nSPS) is 12.8. The van der Waals surface area contributed by atoms with Gasteiger partial charge >= 0.3 is 0 Å². The van der Waals surface area contributed by atoms with Crippen molar-refractivity contribution in [1.29, 1.82) is 0 Å². The Balaban J connectivity index is 1.82. The van der Waals surface area contributed by atoms with Crippen molar-refractivity contribution >= 4 is 29.0 Å². The molecule has 0 atom stereocenters. The molecule has 3 aromatic rings. The summed E-state index contributed by atoms with van der Waals surface area (Å²) in [6.45, 7) is 4.12. The van der Waals surface area contributed by atoms with Crippen LogP contribution < -0.4 is 16.8 Å². The number of anilines is 1. The number of rotatable bonds is 6. The largest absolute Gasteiger partial charge is 0.404 e. The van der Waals surface area contributed by atoms with E-state index in [9.17, 15) is 0 Å². The molecular formula is C22H24N6. The van der Waals surface area contributed by atoms with Crippen LogP contribution in [0.15, 0.2) is 72.6 Å². The molecule has 0 saturated carbocycles. The van der Waals surface area contributed by atoms with Crippen LogP contribution in [0.4, 0.5) is 5.82 Å². The Morgan fingerprint density at radius 2 is 1.79 bits per heavy atom. The molecule has 3 rings (SSSR count). The molecule has 0 radical (unpaired) electrons. The molecule has 0 amide bonds. The smallest absolute Gasteiger partial charge is 0.132 e. The summed E-state index contributed by atoms with van der Waals surface area (Å²) in [5, 5.41) is 3.11. The highest BCUT2D eigenvalue weighted by Gasteiger charge is 2.04. The Morgan fingerprint density at radius 3 is 2.50 bits per heavy atom. The second-order valence-electron chi connectivity index (χ2n) is 6.66. The summed E-state index contributed by atoms with van der Waals surface area (Å²) in [7, 11) is 0. The first-order chi connectivity index (χ1) is 13.5. The van der Waals surface area contributed by atoms with E-state index in [-0.39, 0.29) is 5.92 Å². The SMILES string of the molecule is CC(C)C(=C/N)/C=C(\N)Nc1ccc2ncc(/C=C/c3ccncc3)cc2n1. The fraction of sp³-hybridized carbons (Fsp3) is 0.136. The maximum absolute atomic E-state index is 6.09. The molecule has 0 bridgehead atoms. The number of hydrogen-bond acceptors (Lipinski definition) is 6. The highest BCUT2D eigenvalue weighted by atomic mass is 15.1. The molecule has 6 nitrogen and oxygen atoms in total. The molecular weight excluding hydrogens is 348 g/mol. The number of hydrogen-bond donors (Lipinski definition) is 3. The molecule has 3 aromatic heterocycles. The van der Waals surface area contributed by atoms with Gasteiger partial charge < -0.3 is 16.8 Å². The first-order valence-corrected chi connectivity index (χ1v) is 9.06. The van der Waals surface area contributed by atoms with E-state index in [2.05, 4.69) is 34.1 Å². The lowest BCUT2D eigenvalue weighted by Crippen LogP contribution is -2.11. The Hall–Kier alpha value is -3.67. The van der Waals surface area contributed by atoms with Gasteiger partial charge in [0.1, 0.15) is 11.6 Å².